The maximum Gasteiger partial charge on any atom is 0.147 e. The molecule has 23 heavy (non-hydrogen) atoms. The first kappa shape index (κ1) is 20.4. The van der Waals surface area contributed by atoms with Crippen molar-refractivity contribution in [1.82, 2.24) is 5.32 Å². The van der Waals surface area contributed by atoms with Gasteiger partial charge in [-0.25, -0.2) is 4.39 Å². The molecule has 0 amide bonds. The monoisotopic (exact) mass is 465 g/mol. The molecule has 2 rings (SSSR count). The molecular formula is C17H19Br2ClFNO. The van der Waals surface area contributed by atoms with Crippen molar-refractivity contribution in [3.63, 3.8) is 0 Å². The van der Waals surface area contributed by atoms with Crippen molar-refractivity contribution >= 4 is 44.3 Å². The van der Waals surface area contributed by atoms with Crippen molar-refractivity contribution in [2.45, 2.75) is 19.9 Å². The van der Waals surface area contributed by atoms with E-state index in [0.29, 0.717) is 6.61 Å². The third-order valence-electron chi connectivity index (χ3n) is 3.18. The second-order valence-electron chi connectivity index (χ2n) is 4.87. The normalized spacial score (nSPS) is 10.3. The van der Waals surface area contributed by atoms with Gasteiger partial charge in [0.25, 0.3) is 0 Å². The van der Waals surface area contributed by atoms with Crippen molar-refractivity contribution in [3.05, 3.63) is 62.3 Å². The molecule has 0 radical (unpaired) electrons. The van der Waals surface area contributed by atoms with E-state index in [-0.39, 0.29) is 18.2 Å². The van der Waals surface area contributed by atoms with Gasteiger partial charge in [-0.15, -0.1) is 12.4 Å². The van der Waals surface area contributed by atoms with E-state index in [1.54, 1.807) is 0 Å². The number of rotatable bonds is 7. The topological polar surface area (TPSA) is 21.3 Å². The Hall–Kier alpha value is -0.620. The second-order valence-corrected chi connectivity index (χ2v) is 6.58. The molecule has 1 N–H and O–H groups in total. The largest absolute Gasteiger partial charge is 0.492 e. The zero-order valence-corrected chi connectivity index (χ0v) is 16.7. The van der Waals surface area contributed by atoms with Gasteiger partial charge in [-0.3, -0.25) is 0 Å². The van der Waals surface area contributed by atoms with Crippen LogP contribution in [0.4, 0.5) is 4.39 Å². The van der Waals surface area contributed by atoms with Crippen LogP contribution >= 0.6 is 44.3 Å². The molecule has 0 unspecified atom stereocenters. The molecule has 6 heteroatoms. The first-order chi connectivity index (χ1) is 10.6. The predicted octanol–water partition coefficient (Wildman–Crippen LogP) is 5.50. The highest BCUT2D eigenvalue weighted by Gasteiger charge is 2.08. The number of hydrogen-bond donors (Lipinski definition) is 1. The lowest BCUT2D eigenvalue weighted by atomic mass is 10.1. The van der Waals surface area contributed by atoms with Crippen molar-refractivity contribution in [2.75, 3.05) is 13.2 Å². The second kappa shape index (κ2) is 10.3. The Morgan fingerprint density at radius 3 is 2.22 bits per heavy atom. The van der Waals surface area contributed by atoms with Gasteiger partial charge >= 0.3 is 0 Å². The molecule has 0 aliphatic carbocycles. The van der Waals surface area contributed by atoms with Crippen LogP contribution in [0.1, 0.15) is 18.1 Å². The van der Waals surface area contributed by atoms with Crippen molar-refractivity contribution in [2.24, 2.45) is 0 Å². The Balaban J connectivity index is 0.00000264. The fourth-order valence-corrected chi connectivity index (χ4v) is 3.62. The lowest BCUT2D eigenvalue weighted by molar-refractivity contribution is 0.336. The summed E-state index contributed by atoms with van der Waals surface area (Å²) in [5.41, 5.74) is 2.30. The molecule has 0 atom stereocenters. The van der Waals surface area contributed by atoms with Crippen LogP contribution in [0, 0.1) is 5.82 Å². The van der Waals surface area contributed by atoms with Gasteiger partial charge in [-0.1, -0.05) is 12.1 Å². The molecule has 0 saturated heterocycles. The minimum absolute atomic E-state index is 0. The molecular weight excluding hydrogens is 448 g/mol. The highest BCUT2D eigenvalue weighted by atomic mass is 79.9. The summed E-state index contributed by atoms with van der Waals surface area (Å²) in [6.07, 6.45) is 0.875. The van der Waals surface area contributed by atoms with Gasteiger partial charge in [0.15, 0.2) is 0 Å². The van der Waals surface area contributed by atoms with Gasteiger partial charge < -0.3 is 10.1 Å². The van der Waals surface area contributed by atoms with Crippen LogP contribution in [0.2, 0.25) is 0 Å². The van der Waals surface area contributed by atoms with E-state index in [4.69, 9.17) is 4.74 Å². The third-order valence-corrected chi connectivity index (χ3v) is 4.36. The van der Waals surface area contributed by atoms with Gasteiger partial charge in [0.2, 0.25) is 0 Å². The maximum absolute atomic E-state index is 12.8. The van der Waals surface area contributed by atoms with Crippen LogP contribution in [-0.2, 0) is 13.0 Å². The smallest absolute Gasteiger partial charge is 0.147 e. The van der Waals surface area contributed by atoms with Crippen LogP contribution < -0.4 is 10.1 Å². The summed E-state index contributed by atoms with van der Waals surface area (Å²) in [6.45, 7) is 4.20. The molecule has 0 spiro atoms. The quantitative estimate of drug-likeness (QED) is 0.543. The predicted molar refractivity (Wildman–Crippen MR) is 102 cm³/mol. The molecule has 0 fully saturated rings. The van der Waals surface area contributed by atoms with E-state index in [9.17, 15) is 4.39 Å². The van der Waals surface area contributed by atoms with Crippen LogP contribution in [0.25, 0.3) is 0 Å². The average molecular weight is 468 g/mol. The summed E-state index contributed by atoms with van der Waals surface area (Å²) in [4.78, 5) is 0. The van der Waals surface area contributed by atoms with Crippen LogP contribution in [-0.4, -0.2) is 13.2 Å². The maximum atomic E-state index is 12.8. The van der Waals surface area contributed by atoms with Crippen molar-refractivity contribution < 1.29 is 9.13 Å². The molecule has 126 valence electrons. The fourth-order valence-electron chi connectivity index (χ4n) is 2.11. The van der Waals surface area contributed by atoms with Gasteiger partial charge in [0.05, 0.1) is 15.6 Å². The Labute approximate surface area is 159 Å². The van der Waals surface area contributed by atoms with Crippen LogP contribution in [0.15, 0.2) is 45.3 Å². The number of halogens is 4. The van der Waals surface area contributed by atoms with E-state index in [2.05, 4.69) is 49.3 Å². The zero-order valence-electron chi connectivity index (χ0n) is 12.7. The molecule has 0 aliphatic rings. The summed E-state index contributed by atoms with van der Waals surface area (Å²) in [5, 5.41) is 3.39. The zero-order chi connectivity index (χ0) is 15.9. The number of benzene rings is 2. The van der Waals surface area contributed by atoms with Gasteiger partial charge in [0, 0.05) is 6.54 Å². The van der Waals surface area contributed by atoms with E-state index in [1.165, 1.54) is 17.7 Å². The summed E-state index contributed by atoms with van der Waals surface area (Å²) in [6, 6.07) is 10.7. The van der Waals surface area contributed by atoms with E-state index < -0.39 is 0 Å². The number of nitrogens with one attached hydrogen (secondary N) is 1. The molecule has 0 aromatic heterocycles. The molecule has 0 aliphatic heterocycles. The van der Waals surface area contributed by atoms with E-state index in [0.717, 1.165) is 39.8 Å². The Morgan fingerprint density at radius 2 is 1.65 bits per heavy atom. The number of hydrogen-bond acceptors (Lipinski definition) is 2. The first-order valence-electron chi connectivity index (χ1n) is 7.16. The third kappa shape index (κ3) is 6.42. The highest BCUT2D eigenvalue weighted by Crippen LogP contribution is 2.34. The van der Waals surface area contributed by atoms with Gasteiger partial charge in [0.1, 0.15) is 11.6 Å². The lowest BCUT2D eigenvalue weighted by Crippen LogP contribution is -2.16. The first-order valence-corrected chi connectivity index (χ1v) is 8.74. The molecule has 0 heterocycles. The summed E-state index contributed by atoms with van der Waals surface area (Å²) < 4.78 is 20.3. The SMILES string of the molecule is CCOc1c(Br)cc(CNCCc2ccc(F)cc2)cc1Br.Cl. The van der Waals surface area contributed by atoms with Crippen LogP contribution in [0.5, 0.6) is 5.75 Å². The minimum Gasteiger partial charge on any atom is -0.492 e. The number of ether oxygens (including phenoxy) is 1. The highest BCUT2D eigenvalue weighted by molar-refractivity contribution is 9.11. The Kier molecular flexibility index (Phi) is 9.14. The average Bonchev–Trinajstić information content (AvgIpc) is 2.49. The summed E-state index contributed by atoms with van der Waals surface area (Å²) >= 11 is 7.07. The van der Waals surface area contributed by atoms with Crippen molar-refractivity contribution in [1.29, 1.82) is 0 Å². The van der Waals surface area contributed by atoms with Crippen molar-refractivity contribution in [3.8, 4) is 5.75 Å². The standard InChI is InChI=1S/C17H18Br2FNO.ClH/c1-2-22-17-15(18)9-13(10-16(17)19)11-21-8-7-12-3-5-14(20)6-4-12;/h3-6,9-10,21H,2,7-8,11H2,1H3;1H. The van der Waals surface area contributed by atoms with E-state index >= 15 is 0 Å². The van der Waals surface area contributed by atoms with E-state index in [1.807, 2.05) is 19.1 Å². The molecule has 2 aromatic rings. The Bertz CT molecular complexity index is 599. The summed E-state index contributed by atoms with van der Waals surface area (Å²) in [5.74, 6) is 0.637. The van der Waals surface area contributed by atoms with Gasteiger partial charge in [-0.05, 0) is 87.1 Å². The van der Waals surface area contributed by atoms with Crippen LogP contribution in [0.3, 0.4) is 0 Å². The summed E-state index contributed by atoms with van der Waals surface area (Å²) in [7, 11) is 0. The minimum atomic E-state index is -0.194. The Morgan fingerprint density at radius 1 is 1.04 bits per heavy atom. The molecule has 2 nitrogen and oxygen atoms in total. The molecule has 0 bridgehead atoms. The molecule has 2 aromatic carbocycles. The lowest BCUT2D eigenvalue weighted by Gasteiger charge is -2.11. The van der Waals surface area contributed by atoms with Gasteiger partial charge in [-0.2, -0.15) is 0 Å². The fraction of sp³-hybridized carbons (Fsp3) is 0.294. The molecule has 0 saturated carbocycles.